The van der Waals surface area contributed by atoms with Gasteiger partial charge in [-0.25, -0.2) is 0 Å². The minimum Gasteiger partial charge on any atom is -0.466 e. The number of rotatable bonds is 4. The molecular weight excluding hydrogens is 337 g/mol. The van der Waals surface area contributed by atoms with Crippen LogP contribution in [0.3, 0.4) is 0 Å². The highest BCUT2D eigenvalue weighted by Gasteiger charge is 2.41. The number of aromatic amines is 1. The maximum Gasteiger partial charge on any atom is 0.309 e. The first-order chi connectivity index (χ1) is 11.0. The Hall–Kier alpha value is -1.23. The molecule has 0 radical (unpaired) electrons. The van der Waals surface area contributed by atoms with E-state index in [-0.39, 0.29) is 12.4 Å². The van der Waals surface area contributed by atoms with Gasteiger partial charge in [0.25, 0.3) is 0 Å². The van der Waals surface area contributed by atoms with E-state index in [1.807, 2.05) is 13.0 Å². The molecule has 3 rings (SSSR count). The summed E-state index contributed by atoms with van der Waals surface area (Å²) in [5.41, 5.74) is 2.18. The summed E-state index contributed by atoms with van der Waals surface area (Å²) in [6.07, 6.45) is 1.61. The number of esters is 1. The monoisotopic (exact) mass is 355 g/mol. The summed E-state index contributed by atoms with van der Waals surface area (Å²) in [4.78, 5) is 15.4. The molecule has 23 heavy (non-hydrogen) atoms. The maximum absolute atomic E-state index is 12.1. The average molecular weight is 356 g/mol. The fraction of sp³-hybridized carbons (Fsp3) is 0.471. The van der Waals surface area contributed by atoms with Crippen molar-refractivity contribution in [2.24, 2.45) is 0 Å². The lowest BCUT2D eigenvalue weighted by Crippen LogP contribution is -2.37. The second-order valence-electron chi connectivity index (χ2n) is 5.72. The van der Waals surface area contributed by atoms with Crippen LogP contribution in [0.25, 0.3) is 10.9 Å². The quantitative estimate of drug-likeness (QED) is 0.815. The van der Waals surface area contributed by atoms with Crippen LogP contribution >= 0.6 is 23.2 Å². The third-order valence-corrected chi connectivity index (χ3v) is 4.94. The third-order valence-electron chi connectivity index (χ3n) is 4.42. The first kappa shape index (κ1) is 16.6. The second-order valence-corrected chi connectivity index (χ2v) is 6.56. The second kappa shape index (κ2) is 6.34. The Kier molecular flexibility index (Phi) is 4.59. The van der Waals surface area contributed by atoms with Crippen LogP contribution in [0.4, 0.5) is 0 Å². The van der Waals surface area contributed by atoms with Gasteiger partial charge in [0.1, 0.15) is 5.60 Å². The number of hydrogen-bond acceptors (Lipinski definition) is 3. The van der Waals surface area contributed by atoms with Crippen LogP contribution in [-0.2, 0) is 26.3 Å². The van der Waals surface area contributed by atoms with E-state index in [1.165, 1.54) is 0 Å². The molecular formula is C17H19Cl2NO3. The molecule has 0 saturated heterocycles. The van der Waals surface area contributed by atoms with E-state index < -0.39 is 5.60 Å². The summed E-state index contributed by atoms with van der Waals surface area (Å²) in [5.74, 6) is -0.259. The van der Waals surface area contributed by atoms with Gasteiger partial charge in [-0.05, 0) is 37.5 Å². The predicted molar refractivity (Wildman–Crippen MR) is 91.2 cm³/mol. The molecule has 1 unspecified atom stereocenters. The highest BCUT2D eigenvalue weighted by atomic mass is 35.5. The molecule has 0 fully saturated rings. The fourth-order valence-electron chi connectivity index (χ4n) is 3.33. The van der Waals surface area contributed by atoms with E-state index in [2.05, 4.69) is 4.98 Å². The summed E-state index contributed by atoms with van der Waals surface area (Å²) in [6.45, 7) is 4.72. The molecule has 2 heterocycles. The fourth-order valence-corrected chi connectivity index (χ4v) is 3.87. The molecule has 1 aromatic heterocycles. The van der Waals surface area contributed by atoms with Gasteiger partial charge in [-0.3, -0.25) is 4.79 Å². The van der Waals surface area contributed by atoms with Gasteiger partial charge in [0.2, 0.25) is 0 Å². The first-order valence-corrected chi connectivity index (χ1v) is 8.56. The predicted octanol–water partition coefficient (Wildman–Crippen LogP) is 4.61. The first-order valence-electron chi connectivity index (χ1n) is 7.80. The lowest BCUT2D eigenvalue weighted by atomic mass is 9.86. The number of carbonyl (C=O) groups is 1. The molecule has 1 aliphatic heterocycles. The number of H-pyrrole nitrogens is 1. The van der Waals surface area contributed by atoms with E-state index >= 15 is 0 Å². The largest absolute Gasteiger partial charge is 0.466 e. The molecule has 1 atom stereocenters. The molecule has 1 aliphatic rings. The Morgan fingerprint density at radius 3 is 2.87 bits per heavy atom. The van der Waals surface area contributed by atoms with Crippen LogP contribution in [0.1, 0.15) is 37.9 Å². The average Bonchev–Trinajstić information content (AvgIpc) is 2.88. The van der Waals surface area contributed by atoms with Crippen molar-refractivity contribution < 1.29 is 14.3 Å². The summed E-state index contributed by atoms with van der Waals surface area (Å²) >= 11 is 12.5. The van der Waals surface area contributed by atoms with Gasteiger partial charge >= 0.3 is 5.97 Å². The number of aromatic nitrogens is 1. The SMILES string of the molecule is CCOC(=O)CC1(CC)OCCc2c1[nH]c1c(Cl)cc(Cl)cc21. The van der Waals surface area contributed by atoms with E-state index in [0.29, 0.717) is 29.7 Å². The molecule has 1 aromatic carbocycles. The van der Waals surface area contributed by atoms with Crippen LogP contribution in [0.5, 0.6) is 0 Å². The number of halogens is 2. The van der Waals surface area contributed by atoms with Crippen molar-refractivity contribution >= 4 is 40.1 Å². The summed E-state index contributed by atoms with van der Waals surface area (Å²) in [6, 6.07) is 3.63. The summed E-state index contributed by atoms with van der Waals surface area (Å²) in [5, 5.41) is 2.17. The van der Waals surface area contributed by atoms with Crippen LogP contribution in [0.15, 0.2) is 12.1 Å². The topological polar surface area (TPSA) is 51.3 Å². The van der Waals surface area contributed by atoms with E-state index in [4.69, 9.17) is 32.7 Å². The highest BCUT2D eigenvalue weighted by Crippen LogP contribution is 2.43. The Balaban J connectivity index is 2.14. The molecule has 1 N–H and O–H groups in total. The zero-order valence-electron chi connectivity index (χ0n) is 13.2. The molecule has 0 spiro atoms. The summed E-state index contributed by atoms with van der Waals surface area (Å²) in [7, 11) is 0. The number of nitrogens with one attached hydrogen (secondary N) is 1. The molecule has 4 nitrogen and oxygen atoms in total. The highest BCUT2D eigenvalue weighted by molar-refractivity contribution is 6.38. The Labute approximate surface area is 145 Å². The molecule has 0 aliphatic carbocycles. The van der Waals surface area contributed by atoms with Crippen LogP contribution in [0, 0.1) is 0 Å². The van der Waals surface area contributed by atoms with Crippen molar-refractivity contribution in [1.29, 1.82) is 0 Å². The van der Waals surface area contributed by atoms with E-state index in [0.717, 1.165) is 28.6 Å². The maximum atomic E-state index is 12.1. The van der Waals surface area contributed by atoms with E-state index in [9.17, 15) is 4.79 Å². The molecule has 124 valence electrons. The molecule has 0 bridgehead atoms. The van der Waals surface area contributed by atoms with Gasteiger partial charge in [-0.15, -0.1) is 0 Å². The lowest BCUT2D eigenvalue weighted by Gasteiger charge is -2.36. The minimum atomic E-state index is -0.700. The standard InChI is InChI=1S/C17H19Cl2NO3/c1-3-17(9-14(21)22-4-2)16-11(5-6-23-17)12-7-10(18)8-13(19)15(12)20-16/h7-8,20H,3-6,9H2,1-2H3. The van der Waals surface area contributed by atoms with Crippen LogP contribution in [0.2, 0.25) is 10.0 Å². The zero-order valence-corrected chi connectivity index (χ0v) is 14.7. The van der Waals surface area contributed by atoms with Crippen molar-refractivity contribution in [3.8, 4) is 0 Å². The molecule has 6 heteroatoms. The zero-order chi connectivity index (χ0) is 16.6. The normalized spacial score (nSPS) is 20.5. The molecule has 2 aromatic rings. The van der Waals surface area contributed by atoms with Crippen molar-refractivity contribution in [2.75, 3.05) is 13.2 Å². The molecule has 0 amide bonds. The Morgan fingerprint density at radius 1 is 1.39 bits per heavy atom. The van der Waals surface area contributed by atoms with Gasteiger partial charge in [-0.1, -0.05) is 30.1 Å². The Bertz CT molecular complexity index is 756. The van der Waals surface area contributed by atoms with Crippen molar-refractivity contribution in [2.45, 2.75) is 38.7 Å². The summed E-state index contributed by atoms with van der Waals surface area (Å²) < 4.78 is 11.2. The number of ether oxygens (including phenoxy) is 2. The van der Waals surface area contributed by atoms with Crippen molar-refractivity contribution in [3.63, 3.8) is 0 Å². The lowest BCUT2D eigenvalue weighted by molar-refractivity contribution is -0.154. The molecule has 0 saturated carbocycles. The van der Waals surface area contributed by atoms with Crippen LogP contribution in [-0.4, -0.2) is 24.2 Å². The van der Waals surface area contributed by atoms with Gasteiger partial charge in [-0.2, -0.15) is 0 Å². The Morgan fingerprint density at radius 2 is 2.17 bits per heavy atom. The van der Waals surface area contributed by atoms with Crippen molar-refractivity contribution in [3.05, 3.63) is 33.4 Å². The third kappa shape index (κ3) is 2.84. The number of fused-ring (bicyclic) bond motifs is 3. The van der Waals surface area contributed by atoms with Gasteiger partial charge in [0, 0.05) is 10.4 Å². The smallest absolute Gasteiger partial charge is 0.309 e. The van der Waals surface area contributed by atoms with Gasteiger partial charge in [0.15, 0.2) is 0 Å². The van der Waals surface area contributed by atoms with Crippen LogP contribution < -0.4 is 0 Å². The van der Waals surface area contributed by atoms with Crippen molar-refractivity contribution in [1.82, 2.24) is 4.98 Å². The number of carbonyl (C=O) groups excluding carboxylic acids is 1. The van der Waals surface area contributed by atoms with Gasteiger partial charge < -0.3 is 14.5 Å². The van der Waals surface area contributed by atoms with Gasteiger partial charge in [0.05, 0.1) is 35.9 Å². The minimum absolute atomic E-state index is 0.183. The number of hydrogen-bond donors (Lipinski definition) is 1. The number of benzene rings is 1. The van der Waals surface area contributed by atoms with E-state index in [1.54, 1.807) is 13.0 Å².